The first-order valence-corrected chi connectivity index (χ1v) is 12.9. The van der Waals surface area contributed by atoms with Crippen molar-refractivity contribution < 1.29 is 28.9 Å². The molecule has 0 spiro atoms. The van der Waals surface area contributed by atoms with Crippen LogP contribution in [0.2, 0.25) is 0 Å². The van der Waals surface area contributed by atoms with Crippen LogP contribution in [0, 0.1) is 6.92 Å². The number of likely N-dealkylation sites (tertiary alicyclic amines) is 1. The minimum Gasteiger partial charge on any atom is -0.507 e. The zero-order valence-electron chi connectivity index (χ0n) is 22.3. The molecule has 8 nitrogen and oxygen atoms in total. The second-order valence-corrected chi connectivity index (χ2v) is 9.78. The van der Waals surface area contributed by atoms with Crippen molar-refractivity contribution in [2.75, 3.05) is 45.4 Å². The molecule has 2 heterocycles. The fraction of sp³-hybridized carbons (Fsp3) is 0.290. The Morgan fingerprint density at radius 1 is 1.08 bits per heavy atom. The number of nitrogens with zero attached hydrogens (tertiary/aromatic N) is 2. The van der Waals surface area contributed by atoms with Gasteiger partial charge in [0.2, 0.25) is 0 Å². The molecule has 0 saturated carbocycles. The van der Waals surface area contributed by atoms with Gasteiger partial charge in [0.1, 0.15) is 30.5 Å². The standard InChI is InChI=1S/C31H32N2O6/c1-20-7-9-21(10-8-20)19-39-24-6-4-5-22(17-24)28-27(30(35)31(36)33(28)14-15-37-3)29(34)23-11-12-26-25(18-23)32(2)13-16-38-26/h4-12,17-18,28,34H,13-16,19H2,1-3H3/b29-27-. The zero-order valence-corrected chi connectivity index (χ0v) is 22.3. The predicted octanol–water partition coefficient (Wildman–Crippen LogP) is 4.47. The van der Waals surface area contributed by atoms with Gasteiger partial charge in [-0.15, -0.1) is 0 Å². The fourth-order valence-electron chi connectivity index (χ4n) is 4.93. The van der Waals surface area contributed by atoms with Crippen molar-refractivity contribution in [2.45, 2.75) is 19.6 Å². The molecule has 0 aromatic heterocycles. The Morgan fingerprint density at radius 3 is 2.64 bits per heavy atom. The summed E-state index contributed by atoms with van der Waals surface area (Å²) in [5, 5.41) is 11.5. The molecule has 1 N–H and O–H groups in total. The van der Waals surface area contributed by atoms with E-state index in [-0.39, 0.29) is 24.5 Å². The van der Waals surface area contributed by atoms with Crippen LogP contribution in [0.3, 0.4) is 0 Å². The van der Waals surface area contributed by atoms with Gasteiger partial charge in [0.15, 0.2) is 0 Å². The lowest BCUT2D eigenvalue weighted by Gasteiger charge is -2.28. The number of carbonyl (C=O) groups is 2. The number of rotatable bonds is 8. The van der Waals surface area contributed by atoms with Crippen LogP contribution in [0.4, 0.5) is 5.69 Å². The van der Waals surface area contributed by atoms with Gasteiger partial charge in [-0.05, 0) is 48.4 Å². The zero-order chi connectivity index (χ0) is 27.5. The van der Waals surface area contributed by atoms with Crippen LogP contribution < -0.4 is 14.4 Å². The summed E-state index contributed by atoms with van der Waals surface area (Å²) in [7, 11) is 3.48. The minimum atomic E-state index is -0.798. The first-order chi connectivity index (χ1) is 18.9. The summed E-state index contributed by atoms with van der Waals surface area (Å²) < 4.78 is 17.0. The quantitative estimate of drug-likeness (QED) is 0.262. The number of likely N-dealkylation sites (N-methyl/N-ethyl adjacent to an activating group) is 1. The number of amides is 1. The van der Waals surface area contributed by atoms with Crippen molar-refractivity contribution in [3.8, 4) is 11.5 Å². The maximum atomic E-state index is 13.3. The number of ketones is 1. The summed E-state index contributed by atoms with van der Waals surface area (Å²) in [4.78, 5) is 30.0. The van der Waals surface area contributed by atoms with Crippen molar-refractivity contribution in [3.63, 3.8) is 0 Å². The summed E-state index contributed by atoms with van der Waals surface area (Å²) in [5.41, 5.74) is 4.13. The molecule has 5 rings (SSSR count). The number of aliphatic hydroxyl groups excluding tert-OH is 1. The Bertz CT molecular complexity index is 1410. The lowest BCUT2D eigenvalue weighted by atomic mass is 9.94. The van der Waals surface area contributed by atoms with Crippen molar-refractivity contribution in [3.05, 3.63) is 94.6 Å². The van der Waals surface area contributed by atoms with Crippen LogP contribution in [-0.4, -0.2) is 62.2 Å². The largest absolute Gasteiger partial charge is 0.507 e. The third kappa shape index (κ3) is 5.33. The van der Waals surface area contributed by atoms with Crippen molar-refractivity contribution in [2.24, 2.45) is 0 Å². The number of aliphatic hydroxyl groups is 1. The first kappa shape index (κ1) is 26.3. The highest BCUT2D eigenvalue weighted by Crippen LogP contribution is 2.41. The third-order valence-electron chi connectivity index (χ3n) is 7.10. The molecule has 3 aromatic rings. The molecule has 1 amide bonds. The number of hydrogen-bond acceptors (Lipinski definition) is 7. The Labute approximate surface area is 228 Å². The fourth-order valence-corrected chi connectivity index (χ4v) is 4.93. The van der Waals surface area contributed by atoms with Crippen LogP contribution in [0.25, 0.3) is 5.76 Å². The summed E-state index contributed by atoms with van der Waals surface area (Å²) in [6.45, 7) is 4.12. The van der Waals surface area contributed by atoms with Crippen LogP contribution in [-0.2, 0) is 20.9 Å². The molecule has 2 aliphatic heterocycles. The number of ether oxygens (including phenoxy) is 3. The number of Topliss-reactive ketones (excluding diaryl/α,β-unsaturated/α-hetero) is 1. The van der Waals surface area contributed by atoms with E-state index in [4.69, 9.17) is 14.2 Å². The van der Waals surface area contributed by atoms with Crippen molar-refractivity contribution in [1.29, 1.82) is 0 Å². The maximum Gasteiger partial charge on any atom is 0.295 e. The molecule has 0 radical (unpaired) electrons. The van der Waals surface area contributed by atoms with E-state index in [9.17, 15) is 14.7 Å². The van der Waals surface area contributed by atoms with E-state index >= 15 is 0 Å². The normalized spacial score (nSPS) is 18.2. The van der Waals surface area contributed by atoms with Crippen molar-refractivity contribution in [1.82, 2.24) is 4.90 Å². The summed E-state index contributed by atoms with van der Waals surface area (Å²) in [6.07, 6.45) is 0. The number of aryl methyl sites for hydroxylation is 1. The summed E-state index contributed by atoms with van der Waals surface area (Å²) in [5.74, 6) is -0.343. The molecule has 1 saturated heterocycles. The predicted molar refractivity (Wildman–Crippen MR) is 148 cm³/mol. The van der Waals surface area contributed by atoms with E-state index < -0.39 is 17.7 Å². The van der Waals surface area contributed by atoms with Gasteiger partial charge in [-0.2, -0.15) is 0 Å². The van der Waals surface area contributed by atoms with Gasteiger partial charge < -0.3 is 29.1 Å². The van der Waals surface area contributed by atoms with Gasteiger partial charge in [-0.25, -0.2) is 0 Å². The lowest BCUT2D eigenvalue weighted by molar-refractivity contribution is -0.140. The Kier molecular flexibility index (Phi) is 7.56. The van der Waals surface area contributed by atoms with E-state index in [1.165, 1.54) is 17.6 Å². The van der Waals surface area contributed by atoms with Gasteiger partial charge in [-0.3, -0.25) is 9.59 Å². The molecule has 39 heavy (non-hydrogen) atoms. The number of methoxy groups -OCH3 is 1. The second kappa shape index (κ2) is 11.2. The van der Waals surface area contributed by atoms with Gasteiger partial charge >= 0.3 is 0 Å². The third-order valence-corrected chi connectivity index (χ3v) is 7.10. The molecule has 1 fully saturated rings. The molecule has 0 aliphatic carbocycles. The number of benzene rings is 3. The molecular weight excluding hydrogens is 496 g/mol. The molecule has 0 bridgehead atoms. The molecule has 202 valence electrons. The maximum absolute atomic E-state index is 13.3. The topological polar surface area (TPSA) is 88.5 Å². The number of carbonyl (C=O) groups excluding carboxylic acids is 2. The Balaban J connectivity index is 1.53. The van der Waals surface area contributed by atoms with E-state index in [0.717, 1.165) is 11.3 Å². The Hall–Kier alpha value is -4.30. The van der Waals surface area contributed by atoms with Gasteiger partial charge in [0.25, 0.3) is 11.7 Å². The van der Waals surface area contributed by atoms with E-state index in [0.29, 0.717) is 42.4 Å². The van der Waals surface area contributed by atoms with E-state index in [1.54, 1.807) is 18.2 Å². The molecule has 1 atom stereocenters. The molecule has 1 unspecified atom stereocenters. The average molecular weight is 529 g/mol. The summed E-state index contributed by atoms with van der Waals surface area (Å²) >= 11 is 0. The smallest absolute Gasteiger partial charge is 0.295 e. The molecule has 3 aromatic carbocycles. The van der Waals surface area contributed by atoms with Gasteiger partial charge in [-0.1, -0.05) is 42.0 Å². The number of anilines is 1. The first-order valence-electron chi connectivity index (χ1n) is 12.9. The van der Waals surface area contributed by atoms with Gasteiger partial charge in [0.05, 0.1) is 30.5 Å². The minimum absolute atomic E-state index is 0.0334. The highest BCUT2D eigenvalue weighted by molar-refractivity contribution is 6.46. The highest BCUT2D eigenvalue weighted by atomic mass is 16.5. The molecule has 2 aliphatic rings. The number of fused-ring (bicyclic) bond motifs is 1. The average Bonchev–Trinajstić information content (AvgIpc) is 3.20. The second-order valence-electron chi connectivity index (χ2n) is 9.78. The van der Waals surface area contributed by atoms with Crippen LogP contribution in [0.5, 0.6) is 11.5 Å². The van der Waals surface area contributed by atoms with Crippen LogP contribution in [0.1, 0.15) is 28.3 Å². The monoisotopic (exact) mass is 528 g/mol. The van der Waals surface area contributed by atoms with Crippen LogP contribution >= 0.6 is 0 Å². The molecular formula is C31H32N2O6. The highest BCUT2D eigenvalue weighted by Gasteiger charge is 2.46. The SMILES string of the molecule is COCCN1C(=O)C(=O)/C(=C(\O)c2ccc3c(c2)N(C)CCO3)C1c1cccc(OCc2ccc(C)cc2)c1. The van der Waals surface area contributed by atoms with Crippen LogP contribution in [0.15, 0.2) is 72.3 Å². The summed E-state index contributed by atoms with van der Waals surface area (Å²) in [6, 6.07) is 19.8. The van der Waals surface area contributed by atoms with Gasteiger partial charge in [0, 0.05) is 26.3 Å². The Morgan fingerprint density at radius 2 is 1.87 bits per heavy atom. The molecule has 8 heteroatoms. The van der Waals surface area contributed by atoms with E-state index in [2.05, 4.69) is 0 Å². The number of hydrogen-bond donors (Lipinski definition) is 1. The van der Waals surface area contributed by atoms with Crippen molar-refractivity contribution >= 4 is 23.1 Å². The van der Waals surface area contributed by atoms with E-state index in [1.807, 2.05) is 67.4 Å². The lowest BCUT2D eigenvalue weighted by Crippen LogP contribution is -2.32.